The van der Waals surface area contributed by atoms with Gasteiger partial charge in [-0.1, -0.05) is 41.4 Å². The summed E-state index contributed by atoms with van der Waals surface area (Å²) in [5.74, 6) is -0.534. The number of halogens is 2. The van der Waals surface area contributed by atoms with E-state index in [1.807, 2.05) is 35.2 Å². The third kappa shape index (κ3) is 3.45. The SMILES string of the molecule is O=C1C[C@@H](N2CCC3(CC2)C(=O)NCN3c2ccccc2)C(=O)N1c1cc(Cl)cc(Cl)c1. The van der Waals surface area contributed by atoms with Gasteiger partial charge < -0.3 is 10.2 Å². The highest BCUT2D eigenvalue weighted by molar-refractivity contribution is 6.35. The lowest BCUT2D eigenvalue weighted by molar-refractivity contribution is -0.126. The van der Waals surface area contributed by atoms with Gasteiger partial charge in [-0.2, -0.15) is 0 Å². The number of piperidine rings is 1. The fraction of sp³-hybridized carbons (Fsp3) is 0.348. The number of likely N-dealkylation sites (tertiary alicyclic amines) is 1. The van der Waals surface area contributed by atoms with E-state index in [9.17, 15) is 14.4 Å². The highest BCUT2D eigenvalue weighted by atomic mass is 35.5. The molecule has 7 nitrogen and oxygen atoms in total. The third-order valence-corrected chi connectivity index (χ3v) is 7.14. The maximum Gasteiger partial charge on any atom is 0.251 e. The molecule has 9 heteroatoms. The lowest BCUT2D eigenvalue weighted by Gasteiger charge is -2.44. The zero-order valence-electron chi connectivity index (χ0n) is 17.3. The van der Waals surface area contributed by atoms with Crippen molar-refractivity contribution in [2.45, 2.75) is 30.8 Å². The number of imide groups is 1. The number of carbonyl (C=O) groups is 3. The maximum absolute atomic E-state index is 13.2. The summed E-state index contributed by atoms with van der Waals surface area (Å²) in [7, 11) is 0. The summed E-state index contributed by atoms with van der Waals surface area (Å²) in [6.07, 6.45) is 1.26. The van der Waals surface area contributed by atoms with Crippen molar-refractivity contribution in [3.63, 3.8) is 0 Å². The van der Waals surface area contributed by atoms with E-state index in [0.29, 0.717) is 48.3 Å². The average Bonchev–Trinajstić information content (AvgIpc) is 3.24. The fourth-order valence-electron chi connectivity index (χ4n) is 5.08. The second-order valence-corrected chi connectivity index (χ2v) is 9.28. The van der Waals surface area contributed by atoms with Gasteiger partial charge in [-0.25, -0.2) is 4.90 Å². The van der Waals surface area contributed by atoms with Gasteiger partial charge in [0.05, 0.1) is 24.8 Å². The Hall–Kier alpha value is -2.61. The van der Waals surface area contributed by atoms with Gasteiger partial charge in [-0.15, -0.1) is 0 Å². The summed E-state index contributed by atoms with van der Waals surface area (Å²) in [6, 6.07) is 14.0. The van der Waals surface area contributed by atoms with Crippen LogP contribution in [0.5, 0.6) is 0 Å². The fourth-order valence-corrected chi connectivity index (χ4v) is 5.59. The predicted molar refractivity (Wildman–Crippen MR) is 123 cm³/mol. The quantitative estimate of drug-likeness (QED) is 0.694. The minimum Gasteiger partial charge on any atom is -0.339 e. The van der Waals surface area contributed by atoms with Crippen LogP contribution >= 0.6 is 23.2 Å². The van der Waals surface area contributed by atoms with Crippen molar-refractivity contribution < 1.29 is 14.4 Å². The largest absolute Gasteiger partial charge is 0.339 e. The van der Waals surface area contributed by atoms with Gasteiger partial charge in [0.1, 0.15) is 5.54 Å². The molecule has 0 unspecified atom stereocenters. The monoisotopic (exact) mass is 472 g/mol. The van der Waals surface area contributed by atoms with Crippen LogP contribution in [0.25, 0.3) is 0 Å². The standard InChI is InChI=1S/C23H22Cl2N4O3/c24-15-10-16(25)12-18(11-15)29-20(30)13-19(21(29)31)27-8-6-23(7-9-27)22(32)26-14-28(23)17-4-2-1-3-5-17/h1-5,10-12,19H,6-9,13-14H2,(H,26,32)/t19-/m1/s1. The van der Waals surface area contributed by atoms with E-state index in [1.54, 1.807) is 18.2 Å². The molecule has 0 bridgehead atoms. The second kappa shape index (κ2) is 8.06. The van der Waals surface area contributed by atoms with Crippen molar-refractivity contribution in [1.29, 1.82) is 0 Å². The van der Waals surface area contributed by atoms with Crippen LogP contribution in [0.2, 0.25) is 10.0 Å². The van der Waals surface area contributed by atoms with Crippen LogP contribution in [-0.4, -0.2) is 54.0 Å². The number of nitrogens with one attached hydrogen (secondary N) is 1. The number of hydrogen-bond donors (Lipinski definition) is 1. The summed E-state index contributed by atoms with van der Waals surface area (Å²) in [5, 5.41) is 3.71. The molecular weight excluding hydrogens is 451 g/mol. The molecular formula is C23H22Cl2N4O3. The highest BCUT2D eigenvalue weighted by Crippen LogP contribution is 2.38. The molecule has 3 amide bonds. The second-order valence-electron chi connectivity index (χ2n) is 8.41. The Labute approximate surface area is 195 Å². The Balaban J connectivity index is 1.34. The van der Waals surface area contributed by atoms with Crippen molar-refractivity contribution in [3.05, 3.63) is 58.6 Å². The molecule has 5 rings (SSSR count). The van der Waals surface area contributed by atoms with Gasteiger partial charge in [-0.3, -0.25) is 19.3 Å². The number of para-hydroxylation sites is 1. The van der Waals surface area contributed by atoms with Gasteiger partial charge in [0.25, 0.3) is 5.91 Å². The molecule has 1 spiro atoms. The summed E-state index contributed by atoms with van der Waals surface area (Å²) < 4.78 is 0. The summed E-state index contributed by atoms with van der Waals surface area (Å²) in [5.41, 5.74) is 0.748. The molecule has 3 saturated heterocycles. The topological polar surface area (TPSA) is 73.0 Å². The average molecular weight is 473 g/mol. The highest BCUT2D eigenvalue weighted by Gasteiger charge is 2.52. The van der Waals surface area contributed by atoms with Crippen molar-refractivity contribution in [2.75, 3.05) is 29.6 Å². The predicted octanol–water partition coefficient (Wildman–Crippen LogP) is 3.05. The Morgan fingerprint density at radius 2 is 1.56 bits per heavy atom. The summed E-state index contributed by atoms with van der Waals surface area (Å²) in [4.78, 5) is 44.1. The Bertz CT molecular complexity index is 1070. The van der Waals surface area contributed by atoms with Gasteiger partial charge in [0.15, 0.2) is 0 Å². The molecule has 0 aliphatic carbocycles. The molecule has 3 heterocycles. The van der Waals surface area contributed by atoms with E-state index >= 15 is 0 Å². The van der Waals surface area contributed by atoms with E-state index in [2.05, 4.69) is 10.2 Å². The van der Waals surface area contributed by atoms with Crippen molar-refractivity contribution in [2.24, 2.45) is 0 Å². The van der Waals surface area contributed by atoms with Crippen LogP contribution in [-0.2, 0) is 14.4 Å². The summed E-state index contributed by atoms with van der Waals surface area (Å²) >= 11 is 12.1. The Morgan fingerprint density at radius 1 is 0.906 bits per heavy atom. The lowest BCUT2D eigenvalue weighted by atomic mass is 9.85. The molecule has 2 aromatic rings. The van der Waals surface area contributed by atoms with Crippen LogP contribution in [0.4, 0.5) is 11.4 Å². The minimum atomic E-state index is -0.635. The molecule has 0 saturated carbocycles. The molecule has 166 valence electrons. The number of rotatable bonds is 3. The number of amides is 3. The molecule has 0 aromatic heterocycles. The van der Waals surface area contributed by atoms with Crippen LogP contribution in [0.3, 0.4) is 0 Å². The zero-order chi connectivity index (χ0) is 22.5. The lowest BCUT2D eigenvalue weighted by Crippen LogP contribution is -2.58. The number of anilines is 2. The molecule has 0 radical (unpaired) electrons. The van der Waals surface area contributed by atoms with E-state index < -0.39 is 11.6 Å². The van der Waals surface area contributed by atoms with Gasteiger partial charge in [-0.05, 0) is 43.2 Å². The van der Waals surface area contributed by atoms with Gasteiger partial charge >= 0.3 is 0 Å². The van der Waals surface area contributed by atoms with Gasteiger partial charge in [0.2, 0.25) is 11.8 Å². The minimum absolute atomic E-state index is 0.0185. The van der Waals surface area contributed by atoms with Crippen LogP contribution < -0.4 is 15.1 Å². The number of carbonyl (C=O) groups excluding carboxylic acids is 3. The van der Waals surface area contributed by atoms with E-state index in [-0.39, 0.29) is 24.1 Å². The molecule has 3 aliphatic heterocycles. The Morgan fingerprint density at radius 3 is 2.22 bits per heavy atom. The normalized spacial score (nSPS) is 23.3. The van der Waals surface area contributed by atoms with Crippen LogP contribution in [0.15, 0.2) is 48.5 Å². The van der Waals surface area contributed by atoms with E-state index in [0.717, 1.165) is 5.69 Å². The van der Waals surface area contributed by atoms with E-state index in [4.69, 9.17) is 23.2 Å². The van der Waals surface area contributed by atoms with Crippen LogP contribution in [0.1, 0.15) is 19.3 Å². The first kappa shape index (κ1) is 21.2. The molecule has 2 aromatic carbocycles. The van der Waals surface area contributed by atoms with Crippen molar-refractivity contribution >= 4 is 52.3 Å². The first-order valence-electron chi connectivity index (χ1n) is 10.6. The molecule has 3 fully saturated rings. The smallest absolute Gasteiger partial charge is 0.251 e. The first-order valence-corrected chi connectivity index (χ1v) is 11.3. The van der Waals surface area contributed by atoms with Crippen molar-refractivity contribution in [3.8, 4) is 0 Å². The summed E-state index contributed by atoms with van der Waals surface area (Å²) in [6.45, 7) is 1.56. The van der Waals surface area contributed by atoms with Crippen LogP contribution in [0, 0.1) is 0 Å². The van der Waals surface area contributed by atoms with Crippen molar-refractivity contribution in [1.82, 2.24) is 10.2 Å². The number of hydrogen-bond acceptors (Lipinski definition) is 5. The number of benzene rings is 2. The molecule has 1 N–H and O–H groups in total. The molecule has 32 heavy (non-hydrogen) atoms. The van der Waals surface area contributed by atoms with Gasteiger partial charge in [0, 0.05) is 28.8 Å². The third-order valence-electron chi connectivity index (χ3n) is 6.70. The first-order chi connectivity index (χ1) is 15.4. The Kier molecular flexibility index (Phi) is 5.35. The zero-order valence-corrected chi connectivity index (χ0v) is 18.8. The maximum atomic E-state index is 13.2. The van der Waals surface area contributed by atoms with E-state index in [1.165, 1.54) is 4.90 Å². The molecule has 1 atom stereocenters. The molecule has 3 aliphatic rings. The number of nitrogens with zero attached hydrogens (tertiary/aromatic N) is 3.